The minimum absolute atomic E-state index is 0.0911. The zero-order valence-electron chi connectivity index (χ0n) is 48.0. The van der Waals surface area contributed by atoms with E-state index in [-0.39, 0.29) is 64.1 Å². The van der Waals surface area contributed by atoms with Crippen molar-refractivity contribution in [2.24, 2.45) is 0 Å². The molecule has 0 bridgehead atoms. The van der Waals surface area contributed by atoms with Crippen molar-refractivity contribution in [2.45, 2.75) is 258 Å². The number of ether oxygens (including phenoxy) is 4. The van der Waals surface area contributed by atoms with Crippen molar-refractivity contribution in [3.05, 3.63) is 17.7 Å². The number of likely N-dealkylation sites (N-methyl/N-ethyl adjacent to an activating group) is 1. The van der Waals surface area contributed by atoms with Gasteiger partial charge in [0.15, 0.2) is 28.1 Å². The third kappa shape index (κ3) is 28.2. The number of hydrogen-bond donors (Lipinski definition) is 0. The van der Waals surface area contributed by atoms with Crippen LogP contribution in [0, 0.1) is 0 Å². The van der Waals surface area contributed by atoms with Gasteiger partial charge in [-0.2, -0.15) is 0 Å². The quantitative estimate of drug-likeness (QED) is 0.0273. The van der Waals surface area contributed by atoms with Crippen LogP contribution in [0.15, 0.2) is 12.1 Å². The van der Waals surface area contributed by atoms with Crippen LogP contribution < -0.4 is 14.2 Å². The minimum Gasteiger partial charge on any atom is -0.493 e. The predicted octanol–water partition coefficient (Wildman–Crippen LogP) is 15.8. The molecule has 2 unspecified atom stereocenters. The molecule has 0 heterocycles. The SMILES string of the molecule is CCCCCCCCCCCCC(CN(CCCC(=O)Oc1c(OC)cc(C(=O)OCCN(C)C)cc1OC)CC(CCCCCCCCCCCC)O[Si](C)(C)C(C)(C)C)O[Si](C)(C)C(C)(C)C. The fourth-order valence-electron chi connectivity index (χ4n) is 8.23. The first-order valence-electron chi connectivity index (χ1n) is 27.9. The Balaban J connectivity index is 3.39. The largest absolute Gasteiger partial charge is 0.493 e. The molecule has 0 aliphatic carbocycles. The van der Waals surface area contributed by atoms with Crippen molar-refractivity contribution in [1.29, 1.82) is 0 Å². The lowest BCUT2D eigenvalue weighted by molar-refractivity contribution is -0.134. The Morgan fingerprint density at radius 3 is 1.29 bits per heavy atom. The Bertz CT molecular complexity index is 1430. The van der Waals surface area contributed by atoms with Gasteiger partial charge in [-0.05, 0) is 88.3 Å². The summed E-state index contributed by atoms with van der Waals surface area (Å²) in [4.78, 5) is 31.2. The standard InChI is InChI=1S/C57H110N2O8Si2/c1-17-19-21-23-25-27-29-31-33-35-38-49(66-68(13,14)56(3,4)5)46-59(47-50(67-69(15,16)57(6,7)8)39-36-34-32-30-28-26-24-22-20-18-2)41-37-40-53(60)65-54-51(62-11)44-48(45-52(54)63-12)55(61)64-43-42-58(9)10/h44-45,49-50H,17-43,46-47H2,1-16H3. The van der Waals surface area contributed by atoms with Crippen LogP contribution in [0.4, 0.5) is 0 Å². The van der Waals surface area contributed by atoms with Crippen molar-refractivity contribution in [1.82, 2.24) is 9.80 Å². The maximum absolute atomic E-state index is 13.7. The van der Waals surface area contributed by atoms with Gasteiger partial charge < -0.3 is 32.7 Å². The third-order valence-electron chi connectivity index (χ3n) is 14.8. The van der Waals surface area contributed by atoms with Gasteiger partial charge in [0.05, 0.1) is 32.0 Å². The number of esters is 2. The molecule has 404 valence electrons. The van der Waals surface area contributed by atoms with Crippen LogP contribution in [0.2, 0.25) is 36.3 Å². The summed E-state index contributed by atoms with van der Waals surface area (Å²) in [5, 5.41) is 0.182. The Morgan fingerprint density at radius 1 is 0.565 bits per heavy atom. The molecule has 0 saturated heterocycles. The van der Waals surface area contributed by atoms with E-state index in [1.54, 1.807) is 12.1 Å². The van der Waals surface area contributed by atoms with Crippen molar-refractivity contribution >= 4 is 28.6 Å². The Morgan fingerprint density at radius 2 is 0.942 bits per heavy atom. The van der Waals surface area contributed by atoms with Gasteiger partial charge >= 0.3 is 11.9 Å². The summed E-state index contributed by atoms with van der Waals surface area (Å²) in [5.74, 6) is -0.255. The Hall–Kier alpha value is -1.97. The molecule has 1 aromatic rings. The average Bonchev–Trinajstić information content (AvgIpc) is 3.26. The van der Waals surface area contributed by atoms with Gasteiger partial charge in [0.25, 0.3) is 0 Å². The fourth-order valence-corrected chi connectivity index (χ4v) is 11.0. The number of nitrogens with zero attached hydrogens (tertiary/aromatic N) is 2. The molecule has 1 aromatic carbocycles. The van der Waals surface area contributed by atoms with Crippen LogP contribution in [0.25, 0.3) is 0 Å². The highest BCUT2D eigenvalue weighted by Crippen LogP contribution is 2.41. The zero-order chi connectivity index (χ0) is 51.9. The molecule has 69 heavy (non-hydrogen) atoms. The highest BCUT2D eigenvalue weighted by Gasteiger charge is 2.41. The maximum atomic E-state index is 13.7. The first kappa shape index (κ1) is 65.0. The van der Waals surface area contributed by atoms with Gasteiger partial charge in [0.2, 0.25) is 5.75 Å². The zero-order valence-corrected chi connectivity index (χ0v) is 50.0. The molecule has 12 heteroatoms. The van der Waals surface area contributed by atoms with E-state index in [0.717, 1.165) is 38.8 Å². The molecule has 0 aromatic heterocycles. The lowest BCUT2D eigenvalue weighted by Gasteiger charge is -2.42. The van der Waals surface area contributed by atoms with E-state index < -0.39 is 22.6 Å². The molecule has 1 rings (SSSR count). The van der Waals surface area contributed by atoms with Gasteiger partial charge in [-0.25, -0.2) is 4.79 Å². The van der Waals surface area contributed by atoms with Crippen LogP contribution in [0.3, 0.4) is 0 Å². The van der Waals surface area contributed by atoms with Crippen LogP contribution in [-0.2, 0) is 18.4 Å². The van der Waals surface area contributed by atoms with Crippen molar-refractivity contribution < 1.29 is 37.4 Å². The van der Waals surface area contributed by atoms with E-state index >= 15 is 0 Å². The highest BCUT2D eigenvalue weighted by atomic mass is 28.4. The van der Waals surface area contributed by atoms with Gasteiger partial charge in [0.1, 0.15) is 6.61 Å². The summed E-state index contributed by atoms with van der Waals surface area (Å²) in [7, 11) is 2.62. The van der Waals surface area contributed by atoms with Gasteiger partial charge in [-0.15, -0.1) is 0 Å². The molecule has 0 spiro atoms. The number of carbonyl (C=O) groups is 2. The molecular formula is C57H110N2O8Si2. The second-order valence-electron chi connectivity index (χ2n) is 23.4. The second-order valence-corrected chi connectivity index (χ2v) is 32.9. The molecule has 0 saturated carbocycles. The number of methoxy groups -OCH3 is 2. The molecule has 0 amide bonds. The predicted molar refractivity (Wildman–Crippen MR) is 297 cm³/mol. The number of carbonyl (C=O) groups excluding carboxylic acids is 2. The summed E-state index contributed by atoms with van der Waals surface area (Å²) in [6, 6.07) is 3.08. The molecule has 0 N–H and O–H groups in total. The van der Waals surface area contributed by atoms with E-state index in [9.17, 15) is 9.59 Å². The molecule has 0 fully saturated rings. The number of rotatable bonds is 41. The summed E-state index contributed by atoms with van der Waals surface area (Å²) in [6.45, 7) is 31.3. The molecule has 0 aliphatic heterocycles. The fraction of sp³-hybridized carbons (Fsp3) is 0.860. The Labute approximate surface area is 428 Å². The molecule has 10 nitrogen and oxygen atoms in total. The summed E-state index contributed by atoms with van der Waals surface area (Å²) >= 11 is 0. The van der Waals surface area contributed by atoms with E-state index in [1.165, 1.54) is 130 Å². The summed E-state index contributed by atoms with van der Waals surface area (Å²) < 4.78 is 37.4. The lowest BCUT2D eigenvalue weighted by atomic mass is 10.0. The lowest BCUT2D eigenvalue weighted by Crippen LogP contribution is -2.50. The smallest absolute Gasteiger partial charge is 0.338 e. The van der Waals surface area contributed by atoms with E-state index in [2.05, 4.69) is 86.5 Å². The molecular weight excluding hydrogens is 897 g/mol. The van der Waals surface area contributed by atoms with E-state index in [1.807, 2.05) is 19.0 Å². The Kier molecular flexibility index (Phi) is 33.2. The average molecular weight is 1010 g/mol. The molecule has 0 radical (unpaired) electrons. The monoisotopic (exact) mass is 1010 g/mol. The second kappa shape index (κ2) is 35.2. The van der Waals surface area contributed by atoms with Crippen LogP contribution >= 0.6 is 0 Å². The van der Waals surface area contributed by atoms with Crippen LogP contribution in [0.5, 0.6) is 17.2 Å². The molecule has 2 atom stereocenters. The minimum atomic E-state index is -2.10. The van der Waals surface area contributed by atoms with Crippen molar-refractivity contribution in [3.63, 3.8) is 0 Å². The number of hydrogen-bond acceptors (Lipinski definition) is 10. The van der Waals surface area contributed by atoms with Crippen LogP contribution in [-0.4, -0.2) is 112 Å². The van der Waals surface area contributed by atoms with E-state index in [0.29, 0.717) is 19.5 Å². The highest BCUT2D eigenvalue weighted by molar-refractivity contribution is 6.74. The van der Waals surface area contributed by atoms with Crippen LogP contribution in [0.1, 0.15) is 220 Å². The number of benzene rings is 1. The van der Waals surface area contributed by atoms with Crippen molar-refractivity contribution in [3.8, 4) is 17.2 Å². The van der Waals surface area contributed by atoms with Crippen molar-refractivity contribution in [2.75, 3.05) is 61.1 Å². The maximum Gasteiger partial charge on any atom is 0.338 e. The van der Waals surface area contributed by atoms with Gasteiger partial charge in [-0.3, -0.25) is 9.69 Å². The first-order valence-corrected chi connectivity index (χ1v) is 33.7. The molecule has 0 aliphatic rings. The topological polar surface area (TPSA) is 96.0 Å². The summed E-state index contributed by atoms with van der Waals surface area (Å²) in [6.07, 6.45) is 29.3. The first-order chi connectivity index (χ1) is 32.5. The van der Waals surface area contributed by atoms with Gasteiger partial charge in [-0.1, -0.05) is 184 Å². The van der Waals surface area contributed by atoms with E-state index in [4.69, 9.17) is 27.8 Å². The van der Waals surface area contributed by atoms with Gasteiger partial charge in [0, 0.05) is 26.1 Å². The normalized spacial score (nSPS) is 13.5. The number of unbranched alkanes of at least 4 members (excludes halogenated alkanes) is 18. The summed E-state index contributed by atoms with van der Waals surface area (Å²) in [5.41, 5.74) is 0.262. The third-order valence-corrected chi connectivity index (χ3v) is 23.8.